The van der Waals surface area contributed by atoms with Crippen LogP contribution in [0.2, 0.25) is 0 Å². The van der Waals surface area contributed by atoms with Crippen LogP contribution in [0.3, 0.4) is 0 Å². The van der Waals surface area contributed by atoms with Crippen molar-refractivity contribution in [1.82, 2.24) is 4.31 Å². The molecule has 2 aromatic carbocycles. The molecule has 8 nitrogen and oxygen atoms in total. The average Bonchev–Trinajstić information content (AvgIpc) is 3.39. The Morgan fingerprint density at radius 2 is 1.76 bits per heavy atom. The molecular formula is C23H22N2O6S2. The van der Waals surface area contributed by atoms with Crippen LogP contribution in [0.5, 0.6) is 0 Å². The summed E-state index contributed by atoms with van der Waals surface area (Å²) in [5.41, 5.74) is 0.777. The van der Waals surface area contributed by atoms with Crippen molar-refractivity contribution in [1.29, 1.82) is 0 Å². The van der Waals surface area contributed by atoms with Gasteiger partial charge in [0.15, 0.2) is 0 Å². The summed E-state index contributed by atoms with van der Waals surface area (Å²) in [5.74, 6) is -1.20. The molecule has 4 rings (SSSR count). The molecule has 33 heavy (non-hydrogen) atoms. The van der Waals surface area contributed by atoms with Crippen molar-refractivity contribution in [3.63, 3.8) is 0 Å². The third-order valence-electron chi connectivity index (χ3n) is 5.00. The van der Waals surface area contributed by atoms with Gasteiger partial charge in [-0.15, -0.1) is 11.3 Å². The van der Waals surface area contributed by atoms with Crippen LogP contribution in [0.1, 0.15) is 21.3 Å². The molecular weight excluding hydrogens is 464 g/mol. The topological polar surface area (TPSA) is 102 Å². The van der Waals surface area contributed by atoms with Crippen LogP contribution in [-0.4, -0.2) is 50.9 Å². The Balaban J connectivity index is 1.55. The third-order valence-corrected chi connectivity index (χ3v) is 7.74. The zero-order chi connectivity index (χ0) is 23.3. The lowest BCUT2D eigenvalue weighted by Gasteiger charge is -2.26. The monoisotopic (exact) mass is 486 g/mol. The molecule has 0 radical (unpaired) electrons. The van der Waals surface area contributed by atoms with Crippen molar-refractivity contribution in [2.24, 2.45) is 0 Å². The van der Waals surface area contributed by atoms with Gasteiger partial charge in [0.05, 0.1) is 18.1 Å². The quantitative estimate of drug-likeness (QED) is 0.514. The van der Waals surface area contributed by atoms with Gasteiger partial charge in [-0.1, -0.05) is 42.5 Å². The first-order valence-electron chi connectivity index (χ1n) is 10.2. The molecule has 1 N–H and O–H groups in total. The lowest BCUT2D eigenvalue weighted by Crippen LogP contribution is -2.40. The Hall–Kier alpha value is -3.05. The molecule has 0 bridgehead atoms. The lowest BCUT2D eigenvalue weighted by molar-refractivity contribution is -0.125. The molecule has 1 saturated heterocycles. The number of nitrogens with one attached hydrogen (secondary N) is 1. The van der Waals surface area contributed by atoms with Gasteiger partial charge < -0.3 is 14.8 Å². The first kappa shape index (κ1) is 23.1. The molecule has 0 spiro atoms. The van der Waals surface area contributed by atoms with Crippen LogP contribution in [0.15, 0.2) is 77.0 Å². The van der Waals surface area contributed by atoms with E-state index in [1.807, 2.05) is 0 Å². The molecule has 0 aliphatic carbocycles. The van der Waals surface area contributed by atoms with Gasteiger partial charge in [-0.25, -0.2) is 13.2 Å². The van der Waals surface area contributed by atoms with E-state index < -0.39 is 28.0 Å². The molecule has 172 valence electrons. The number of ether oxygens (including phenoxy) is 2. The number of benzene rings is 2. The van der Waals surface area contributed by atoms with Gasteiger partial charge in [-0.3, -0.25) is 4.79 Å². The third kappa shape index (κ3) is 5.48. The summed E-state index contributed by atoms with van der Waals surface area (Å²) in [7, 11) is -3.72. The van der Waals surface area contributed by atoms with Gasteiger partial charge in [-0.2, -0.15) is 4.31 Å². The highest BCUT2D eigenvalue weighted by atomic mass is 32.2. The summed E-state index contributed by atoms with van der Waals surface area (Å²) in [6.45, 7) is 1.22. The maximum Gasteiger partial charge on any atom is 0.349 e. The van der Waals surface area contributed by atoms with Crippen molar-refractivity contribution >= 4 is 38.9 Å². The van der Waals surface area contributed by atoms with Crippen LogP contribution in [0.25, 0.3) is 0 Å². The second-order valence-corrected chi connectivity index (χ2v) is 10.1. The summed E-state index contributed by atoms with van der Waals surface area (Å²) in [4.78, 5) is 26.1. The largest absolute Gasteiger partial charge is 0.443 e. The Morgan fingerprint density at radius 1 is 1.00 bits per heavy atom. The number of thiophene rings is 1. The van der Waals surface area contributed by atoms with Crippen LogP contribution in [0, 0.1) is 0 Å². The Labute approximate surface area is 195 Å². The summed E-state index contributed by atoms with van der Waals surface area (Å²) in [5, 5.41) is 4.43. The number of nitrogens with zero attached hydrogens (tertiary/aromatic N) is 1. The minimum Gasteiger partial charge on any atom is -0.443 e. The highest BCUT2D eigenvalue weighted by molar-refractivity contribution is 7.89. The fourth-order valence-corrected chi connectivity index (χ4v) is 5.40. The maximum atomic E-state index is 13.1. The van der Waals surface area contributed by atoms with Gasteiger partial charge in [0.25, 0.3) is 5.91 Å². The van der Waals surface area contributed by atoms with E-state index in [4.69, 9.17) is 9.47 Å². The van der Waals surface area contributed by atoms with E-state index in [-0.39, 0.29) is 23.7 Å². The number of morpholine rings is 1. The predicted octanol–water partition coefficient (Wildman–Crippen LogP) is 3.31. The Kier molecular flexibility index (Phi) is 7.19. The van der Waals surface area contributed by atoms with E-state index in [2.05, 4.69) is 5.32 Å². The Bertz CT molecular complexity index is 1210. The number of rotatable bonds is 7. The first-order chi connectivity index (χ1) is 15.9. The molecule has 0 saturated carbocycles. The minimum atomic E-state index is -3.72. The molecule has 1 aliphatic rings. The van der Waals surface area contributed by atoms with E-state index in [1.165, 1.54) is 27.8 Å². The summed E-state index contributed by atoms with van der Waals surface area (Å²) in [6, 6.07) is 18.0. The van der Waals surface area contributed by atoms with Crippen molar-refractivity contribution in [3.8, 4) is 0 Å². The number of carbonyl (C=O) groups is 2. The van der Waals surface area contributed by atoms with E-state index in [0.717, 1.165) is 0 Å². The number of carbonyl (C=O) groups excluding carboxylic acids is 2. The number of esters is 1. The van der Waals surface area contributed by atoms with Crippen molar-refractivity contribution in [2.75, 3.05) is 31.6 Å². The Morgan fingerprint density at radius 3 is 2.45 bits per heavy atom. The molecule has 1 aromatic heterocycles. The second-order valence-electron chi connectivity index (χ2n) is 7.21. The van der Waals surface area contributed by atoms with Gasteiger partial charge in [0, 0.05) is 24.3 Å². The highest BCUT2D eigenvalue weighted by Gasteiger charge is 2.28. The van der Waals surface area contributed by atoms with Crippen LogP contribution < -0.4 is 5.32 Å². The number of anilines is 1. The normalized spacial score (nSPS) is 15.5. The average molecular weight is 487 g/mol. The minimum absolute atomic E-state index is 0.0639. The van der Waals surface area contributed by atoms with E-state index in [9.17, 15) is 18.0 Å². The number of amides is 1. The number of sulfonamides is 1. The smallest absolute Gasteiger partial charge is 0.349 e. The van der Waals surface area contributed by atoms with Crippen LogP contribution in [0.4, 0.5) is 5.69 Å². The number of hydrogen-bond acceptors (Lipinski definition) is 7. The summed E-state index contributed by atoms with van der Waals surface area (Å²) in [6.07, 6.45) is -1.21. The molecule has 1 aliphatic heterocycles. The van der Waals surface area contributed by atoms with Crippen molar-refractivity contribution in [2.45, 2.75) is 11.0 Å². The highest BCUT2D eigenvalue weighted by Crippen LogP contribution is 2.25. The lowest BCUT2D eigenvalue weighted by atomic mass is 10.1. The van der Waals surface area contributed by atoms with Crippen LogP contribution in [-0.2, 0) is 24.3 Å². The molecule has 1 atom stereocenters. The zero-order valence-corrected chi connectivity index (χ0v) is 19.2. The second kappa shape index (κ2) is 10.3. The molecule has 1 amide bonds. The molecule has 2 heterocycles. The maximum absolute atomic E-state index is 13.1. The summed E-state index contributed by atoms with van der Waals surface area (Å²) >= 11 is 1.22. The van der Waals surface area contributed by atoms with E-state index >= 15 is 0 Å². The van der Waals surface area contributed by atoms with E-state index in [0.29, 0.717) is 23.7 Å². The van der Waals surface area contributed by atoms with Crippen LogP contribution >= 0.6 is 11.3 Å². The molecule has 0 unspecified atom stereocenters. The fourth-order valence-electron chi connectivity index (χ4n) is 3.34. The zero-order valence-electron chi connectivity index (χ0n) is 17.5. The standard InChI is InChI=1S/C23H22N2O6S2/c26-22(21(17-6-2-1-3-7-17)31-23(27)20-10-5-15-32-20)24-18-8-4-9-19(16-18)33(28,29)25-11-13-30-14-12-25/h1-10,15-16,21H,11-14H2,(H,24,26)/t21-/m1/s1. The summed E-state index contributed by atoms with van der Waals surface area (Å²) < 4.78 is 38.0. The first-order valence-corrected chi connectivity index (χ1v) is 12.6. The molecule has 10 heteroatoms. The van der Waals surface area contributed by atoms with Gasteiger partial charge in [-0.05, 0) is 29.6 Å². The van der Waals surface area contributed by atoms with Crippen molar-refractivity contribution in [3.05, 3.63) is 82.6 Å². The van der Waals surface area contributed by atoms with E-state index in [1.54, 1.807) is 60.0 Å². The molecule has 3 aromatic rings. The molecule has 1 fully saturated rings. The number of hydrogen-bond donors (Lipinski definition) is 1. The SMILES string of the molecule is O=C(O[C@@H](C(=O)Nc1cccc(S(=O)(=O)N2CCOCC2)c1)c1ccccc1)c1cccs1. The predicted molar refractivity (Wildman–Crippen MR) is 124 cm³/mol. The fraction of sp³-hybridized carbons (Fsp3) is 0.217. The van der Waals surface area contributed by atoms with Crippen molar-refractivity contribution < 1.29 is 27.5 Å². The van der Waals surface area contributed by atoms with Gasteiger partial charge in [0.1, 0.15) is 4.88 Å². The van der Waals surface area contributed by atoms with Gasteiger partial charge >= 0.3 is 5.97 Å². The van der Waals surface area contributed by atoms with Gasteiger partial charge in [0.2, 0.25) is 16.1 Å².